The van der Waals surface area contributed by atoms with Crippen molar-refractivity contribution in [3.63, 3.8) is 0 Å². The van der Waals surface area contributed by atoms with E-state index in [2.05, 4.69) is 12.0 Å². The van der Waals surface area contributed by atoms with Crippen molar-refractivity contribution in [2.24, 2.45) is 7.05 Å². The number of rotatable bonds is 7. The van der Waals surface area contributed by atoms with Crippen molar-refractivity contribution in [2.75, 3.05) is 13.2 Å². The van der Waals surface area contributed by atoms with Crippen LogP contribution in [0.25, 0.3) is 0 Å². The minimum absolute atomic E-state index is 0.431. The highest BCUT2D eigenvalue weighted by Crippen LogP contribution is 2.21. The monoisotopic (exact) mass is 260 g/mol. The fourth-order valence-corrected chi connectivity index (χ4v) is 1.93. The Hall–Kier alpha value is -0.580. The van der Waals surface area contributed by atoms with Gasteiger partial charge in [0, 0.05) is 26.7 Å². The van der Waals surface area contributed by atoms with Gasteiger partial charge in [0.15, 0.2) is 0 Å². The minimum Gasteiger partial charge on any atom is -0.393 e. The van der Waals surface area contributed by atoms with Gasteiger partial charge in [-0.1, -0.05) is 18.5 Å². The van der Waals surface area contributed by atoms with Gasteiger partial charge in [0.05, 0.1) is 22.5 Å². The summed E-state index contributed by atoms with van der Waals surface area (Å²) in [5, 5.41) is 14.7. The molecule has 1 N–H and O–H groups in total. The van der Waals surface area contributed by atoms with Crippen molar-refractivity contribution in [1.82, 2.24) is 9.78 Å². The molecule has 0 aliphatic carbocycles. The molecule has 0 amide bonds. The first-order valence-electron chi connectivity index (χ1n) is 6.00. The summed E-state index contributed by atoms with van der Waals surface area (Å²) in [6, 6.07) is 0. The van der Waals surface area contributed by atoms with Crippen molar-refractivity contribution in [2.45, 2.75) is 39.2 Å². The van der Waals surface area contributed by atoms with E-state index < -0.39 is 6.10 Å². The number of aliphatic hydroxyl groups excluding tert-OH is 1. The van der Waals surface area contributed by atoms with Gasteiger partial charge in [-0.05, 0) is 19.8 Å². The highest BCUT2D eigenvalue weighted by Gasteiger charge is 2.15. The molecule has 0 aromatic carbocycles. The van der Waals surface area contributed by atoms with Crippen LogP contribution in [0.4, 0.5) is 0 Å². The van der Waals surface area contributed by atoms with Gasteiger partial charge in [-0.15, -0.1) is 0 Å². The minimum atomic E-state index is -0.431. The Morgan fingerprint density at radius 2 is 2.18 bits per heavy atom. The predicted octanol–water partition coefficient (Wildman–Crippen LogP) is 2.10. The molecule has 98 valence electrons. The van der Waals surface area contributed by atoms with E-state index >= 15 is 0 Å². The highest BCUT2D eigenvalue weighted by molar-refractivity contribution is 6.31. The van der Waals surface area contributed by atoms with E-state index in [4.69, 9.17) is 16.3 Å². The second kappa shape index (κ2) is 6.99. The number of hydrogen-bond acceptors (Lipinski definition) is 3. The molecule has 1 atom stereocenters. The highest BCUT2D eigenvalue weighted by atomic mass is 35.5. The normalized spacial score (nSPS) is 13.0. The molecule has 0 radical (unpaired) electrons. The van der Waals surface area contributed by atoms with Crippen LogP contribution in [-0.4, -0.2) is 34.2 Å². The Kier molecular flexibility index (Phi) is 5.95. The van der Waals surface area contributed by atoms with Crippen LogP contribution < -0.4 is 0 Å². The molecule has 1 rings (SSSR count). The van der Waals surface area contributed by atoms with E-state index in [9.17, 15) is 5.11 Å². The average molecular weight is 261 g/mol. The van der Waals surface area contributed by atoms with Crippen LogP contribution >= 0.6 is 11.6 Å². The van der Waals surface area contributed by atoms with Gasteiger partial charge >= 0.3 is 0 Å². The first-order chi connectivity index (χ1) is 8.06. The van der Waals surface area contributed by atoms with Crippen molar-refractivity contribution < 1.29 is 9.84 Å². The molecule has 0 bridgehead atoms. The molecule has 0 spiro atoms. The van der Waals surface area contributed by atoms with Crippen LogP contribution in [0.2, 0.25) is 5.02 Å². The van der Waals surface area contributed by atoms with E-state index in [1.165, 1.54) is 0 Å². The van der Waals surface area contributed by atoms with E-state index in [-0.39, 0.29) is 0 Å². The number of aliphatic hydroxyl groups is 1. The van der Waals surface area contributed by atoms with Crippen molar-refractivity contribution in [3.05, 3.63) is 16.4 Å². The average Bonchev–Trinajstić information content (AvgIpc) is 2.52. The van der Waals surface area contributed by atoms with Gasteiger partial charge in [0.1, 0.15) is 0 Å². The zero-order valence-corrected chi connectivity index (χ0v) is 11.5. The molecule has 17 heavy (non-hydrogen) atoms. The second-order valence-electron chi connectivity index (χ2n) is 4.23. The van der Waals surface area contributed by atoms with Gasteiger partial charge in [0.25, 0.3) is 0 Å². The van der Waals surface area contributed by atoms with Gasteiger partial charge < -0.3 is 9.84 Å². The first kappa shape index (κ1) is 14.5. The standard InChI is InChI=1S/C12H21ClN2O2/c1-4-6-17-7-5-10(16)8-11-12(13)9(2)14-15(11)3/h10,16H,4-8H2,1-3H3. The van der Waals surface area contributed by atoms with Crippen LogP contribution in [0.5, 0.6) is 0 Å². The third kappa shape index (κ3) is 4.30. The summed E-state index contributed by atoms with van der Waals surface area (Å²) in [6.45, 7) is 5.26. The molecule has 0 aliphatic heterocycles. The van der Waals surface area contributed by atoms with Crippen LogP contribution in [0, 0.1) is 6.92 Å². The molecule has 1 aromatic heterocycles. The molecule has 5 heteroatoms. The van der Waals surface area contributed by atoms with E-state index in [0.717, 1.165) is 24.4 Å². The fourth-order valence-electron chi connectivity index (χ4n) is 1.69. The molecule has 1 unspecified atom stereocenters. The first-order valence-corrected chi connectivity index (χ1v) is 6.37. The van der Waals surface area contributed by atoms with Gasteiger partial charge in [0.2, 0.25) is 0 Å². The number of halogens is 1. The summed E-state index contributed by atoms with van der Waals surface area (Å²) in [5.74, 6) is 0. The molecule has 4 nitrogen and oxygen atoms in total. The van der Waals surface area contributed by atoms with Crippen LogP contribution in [0.15, 0.2) is 0 Å². The largest absolute Gasteiger partial charge is 0.393 e. The lowest BCUT2D eigenvalue weighted by atomic mass is 10.1. The molecule has 0 saturated heterocycles. The number of nitrogens with zero attached hydrogens (tertiary/aromatic N) is 2. The van der Waals surface area contributed by atoms with Crippen molar-refractivity contribution >= 4 is 11.6 Å². The van der Waals surface area contributed by atoms with Crippen LogP contribution in [0.1, 0.15) is 31.2 Å². The number of aryl methyl sites for hydroxylation is 2. The lowest BCUT2D eigenvalue weighted by Gasteiger charge is -2.11. The topological polar surface area (TPSA) is 47.3 Å². The summed E-state index contributed by atoms with van der Waals surface area (Å²) < 4.78 is 7.07. The van der Waals surface area contributed by atoms with Crippen LogP contribution in [0.3, 0.4) is 0 Å². The Morgan fingerprint density at radius 3 is 2.71 bits per heavy atom. The maximum absolute atomic E-state index is 9.88. The van der Waals surface area contributed by atoms with E-state index in [0.29, 0.717) is 24.5 Å². The number of hydrogen-bond donors (Lipinski definition) is 1. The lowest BCUT2D eigenvalue weighted by molar-refractivity contribution is 0.0816. The summed E-state index contributed by atoms with van der Waals surface area (Å²) in [7, 11) is 1.84. The SMILES string of the molecule is CCCOCCC(O)Cc1c(Cl)c(C)nn1C. The van der Waals surface area contributed by atoms with E-state index in [1.807, 2.05) is 14.0 Å². The summed E-state index contributed by atoms with van der Waals surface area (Å²) in [5.41, 5.74) is 1.69. The predicted molar refractivity (Wildman–Crippen MR) is 68.4 cm³/mol. The number of ether oxygens (including phenoxy) is 1. The lowest BCUT2D eigenvalue weighted by Crippen LogP contribution is -2.16. The Morgan fingerprint density at radius 1 is 1.47 bits per heavy atom. The number of aromatic nitrogens is 2. The Labute approximate surface area is 108 Å². The molecular weight excluding hydrogens is 240 g/mol. The zero-order valence-electron chi connectivity index (χ0n) is 10.7. The maximum Gasteiger partial charge on any atom is 0.0847 e. The maximum atomic E-state index is 9.88. The van der Waals surface area contributed by atoms with Gasteiger partial charge in [-0.3, -0.25) is 4.68 Å². The zero-order chi connectivity index (χ0) is 12.8. The second-order valence-corrected chi connectivity index (χ2v) is 4.61. The summed E-state index contributed by atoms with van der Waals surface area (Å²) >= 11 is 6.12. The quantitative estimate of drug-likeness (QED) is 0.764. The summed E-state index contributed by atoms with van der Waals surface area (Å²) in [4.78, 5) is 0. The third-order valence-electron chi connectivity index (χ3n) is 2.63. The van der Waals surface area contributed by atoms with E-state index in [1.54, 1.807) is 4.68 Å². The van der Waals surface area contributed by atoms with Crippen LogP contribution in [-0.2, 0) is 18.2 Å². The summed E-state index contributed by atoms with van der Waals surface area (Å²) in [6.07, 6.45) is 1.72. The van der Waals surface area contributed by atoms with Gasteiger partial charge in [-0.25, -0.2) is 0 Å². The fraction of sp³-hybridized carbons (Fsp3) is 0.750. The smallest absolute Gasteiger partial charge is 0.0847 e. The van der Waals surface area contributed by atoms with Crippen molar-refractivity contribution in [1.29, 1.82) is 0 Å². The third-order valence-corrected chi connectivity index (χ3v) is 3.13. The molecule has 0 aliphatic rings. The molecule has 0 fully saturated rings. The Balaban J connectivity index is 2.42. The van der Waals surface area contributed by atoms with Crippen molar-refractivity contribution in [3.8, 4) is 0 Å². The molecule has 1 aromatic rings. The molecular formula is C12H21ClN2O2. The molecule has 1 heterocycles. The Bertz CT molecular complexity index is 353. The van der Waals surface area contributed by atoms with Gasteiger partial charge in [-0.2, -0.15) is 5.10 Å². The molecule has 0 saturated carbocycles.